The number of nitrogens with one attached hydrogen (secondary N) is 1. The van der Waals surface area contributed by atoms with Crippen molar-refractivity contribution in [3.8, 4) is 11.4 Å². The maximum atomic E-state index is 5.44. The molecule has 2 aromatic rings. The van der Waals surface area contributed by atoms with Gasteiger partial charge in [0.2, 0.25) is 0 Å². The van der Waals surface area contributed by atoms with Crippen molar-refractivity contribution in [2.75, 3.05) is 7.11 Å². The lowest BCUT2D eigenvalue weighted by Crippen LogP contribution is -2.10. The molecule has 19 heavy (non-hydrogen) atoms. The Morgan fingerprint density at radius 3 is 2.84 bits per heavy atom. The molecule has 1 N–H and O–H groups in total. The molecule has 0 radical (unpaired) electrons. The fraction of sp³-hybridized carbons (Fsp3) is 0.462. The van der Waals surface area contributed by atoms with E-state index in [0.717, 1.165) is 30.7 Å². The summed E-state index contributed by atoms with van der Waals surface area (Å²) in [4.78, 5) is 4.04. The molecule has 0 amide bonds. The van der Waals surface area contributed by atoms with Crippen molar-refractivity contribution in [3.63, 3.8) is 0 Å². The molecule has 2 atom stereocenters. The maximum Gasteiger partial charge on any atom is 0.195 e. The standard InChI is InChI=1S/C13H16N4OS/c1-18-11-3-2-10(8-11)17-12(15-16-13(17)19)9-4-6-14-7-5-9/h4-7,10-11H,2-3,8H2,1H3,(H,16,19). The molecule has 2 aromatic heterocycles. The third-order valence-corrected chi connectivity index (χ3v) is 3.99. The molecule has 2 unspecified atom stereocenters. The van der Waals surface area contributed by atoms with Crippen LogP contribution in [0.15, 0.2) is 24.5 Å². The van der Waals surface area contributed by atoms with E-state index in [-0.39, 0.29) is 0 Å². The fourth-order valence-corrected chi connectivity index (χ4v) is 3.00. The Kier molecular flexibility index (Phi) is 3.44. The van der Waals surface area contributed by atoms with Gasteiger partial charge in [0.25, 0.3) is 0 Å². The topological polar surface area (TPSA) is 55.7 Å². The summed E-state index contributed by atoms with van der Waals surface area (Å²) >= 11 is 5.37. The second kappa shape index (κ2) is 5.22. The predicted molar refractivity (Wildman–Crippen MR) is 74.3 cm³/mol. The number of ether oxygens (including phenoxy) is 1. The van der Waals surface area contributed by atoms with Crippen LogP contribution in [0.5, 0.6) is 0 Å². The molecule has 100 valence electrons. The molecule has 1 fully saturated rings. The van der Waals surface area contributed by atoms with E-state index in [1.54, 1.807) is 19.5 Å². The first-order valence-corrected chi connectivity index (χ1v) is 6.80. The van der Waals surface area contributed by atoms with Crippen LogP contribution in [0.25, 0.3) is 11.4 Å². The van der Waals surface area contributed by atoms with E-state index in [2.05, 4.69) is 19.7 Å². The van der Waals surface area contributed by atoms with Gasteiger partial charge in [-0.05, 0) is 43.6 Å². The second-order valence-electron chi connectivity index (χ2n) is 4.78. The van der Waals surface area contributed by atoms with Crippen LogP contribution in [0.1, 0.15) is 25.3 Å². The summed E-state index contributed by atoms with van der Waals surface area (Å²) in [5, 5.41) is 7.26. The Bertz CT molecular complexity index is 607. The van der Waals surface area contributed by atoms with Crippen LogP contribution in [-0.4, -0.2) is 33.0 Å². The lowest BCUT2D eigenvalue weighted by Gasteiger charge is -2.14. The third kappa shape index (κ3) is 2.33. The Balaban J connectivity index is 1.98. The van der Waals surface area contributed by atoms with Gasteiger partial charge in [-0.1, -0.05) is 0 Å². The smallest absolute Gasteiger partial charge is 0.195 e. The number of H-pyrrole nitrogens is 1. The van der Waals surface area contributed by atoms with Gasteiger partial charge in [0.05, 0.1) is 6.10 Å². The number of hydrogen-bond donors (Lipinski definition) is 1. The van der Waals surface area contributed by atoms with E-state index in [1.807, 2.05) is 12.1 Å². The van der Waals surface area contributed by atoms with Gasteiger partial charge in [-0.25, -0.2) is 0 Å². The minimum atomic E-state index is 0.326. The second-order valence-corrected chi connectivity index (χ2v) is 5.17. The number of nitrogens with zero attached hydrogens (tertiary/aromatic N) is 3. The average molecular weight is 276 g/mol. The van der Waals surface area contributed by atoms with Crippen LogP contribution >= 0.6 is 12.2 Å². The zero-order valence-corrected chi connectivity index (χ0v) is 11.6. The molecule has 1 aliphatic carbocycles. The monoisotopic (exact) mass is 276 g/mol. The Labute approximate surface area is 116 Å². The number of aromatic amines is 1. The molecule has 1 aliphatic rings. The zero-order valence-electron chi connectivity index (χ0n) is 10.7. The molecule has 3 rings (SSSR count). The van der Waals surface area contributed by atoms with Crippen molar-refractivity contribution in [1.82, 2.24) is 19.7 Å². The van der Waals surface area contributed by atoms with Crippen molar-refractivity contribution in [1.29, 1.82) is 0 Å². The number of aromatic nitrogens is 4. The third-order valence-electron chi connectivity index (χ3n) is 3.70. The first-order chi connectivity index (χ1) is 9.29. The van der Waals surface area contributed by atoms with Gasteiger partial charge >= 0.3 is 0 Å². The van der Waals surface area contributed by atoms with Crippen molar-refractivity contribution in [2.45, 2.75) is 31.4 Å². The minimum Gasteiger partial charge on any atom is -0.381 e. The molecule has 0 aliphatic heterocycles. The number of methoxy groups -OCH3 is 1. The summed E-state index contributed by atoms with van der Waals surface area (Å²) in [6, 6.07) is 4.26. The number of pyridine rings is 1. The zero-order chi connectivity index (χ0) is 13.2. The van der Waals surface area contributed by atoms with Gasteiger partial charge in [0, 0.05) is 31.1 Å². The van der Waals surface area contributed by atoms with E-state index in [0.29, 0.717) is 16.9 Å². The first kappa shape index (κ1) is 12.5. The highest BCUT2D eigenvalue weighted by Crippen LogP contribution is 2.34. The lowest BCUT2D eigenvalue weighted by molar-refractivity contribution is 0.106. The summed E-state index contributed by atoms with van der Waals surface area (Å²) in [5.41, 5.74) is 1.03. The molecule has 0 bridgehead atoms. The van der Waals surface area contributed by atoms with Gasteiger partial charge in [0.1, 0.15) is 0 Å². The maximum absolute atomic E-state index is 5.44. The Morgan fingerprint density at radius 1 is 1.37 bits per heavy atom. The Hall–Kier alpha value is -1.53. The molecule has 0 aromatic carbocycles. The largest absolute Gasteiger partial charge is 0.381 e. The van der Waals surface area contributed by atoms with E-state index in [1.165, 1.54) is 0 Å². The fourth-order valence-electron chi connectivity index (χ4n) is 2.71. The molecular weight excluding hydrogens is 260 g/mol. The van der Waals surface area contributed by atoms with Gasteiger partial charge < -0.3 is 4.74 Å². The summed E-state index contributed by atoms with van der Waals surface area (Å²) in [7, 11) is 1.77. The van der Waals surface area contributed by atoms with Crippen molar-refractivity contribution < 1.29 is 4.74 Å². The van der Waals surface area contributed by atoms with Gasteiger partial charge in [-0.15, -0.1) is 0 Å². The van der Waals surface area contributed by atoms with Gasteiger partial charge in [-0.2, -0.15) is 5.10 Å². The van der Waals surface area contributed by atoms with Crippen molar-refractivity contribution >= 4 is 12.2 Å². The van der Waals surface area contributed by atoms with Gasteiger partial charge in [0.15, 0.2) is 10.6 Å². The van der Waals surface area contributed by atoms with Gasteiger partial charge in [-0.3, -0.25) is 14.6 Å². The predicted octanol–water partition coefficient (Wildman–Crippen LogP) is 2.74. The highest BCUT2D eigenvalue weighted by atomic mass is 32.1. The van der Waals surface area contributed by atoms with Crippen LogP contribution < -0.4 is 0 Å². The average Bonchev–Trinajstić information content (AvgIpc) is 3.05. The number of rotatable bonds is 3. The summed E-state index contributed by atoms with van der Waals surface area (Å²) in [6.45, 7) is 0. The van der Waals surface area contributed by atoms with E-state index >= 15 is 0 Å². The van der Waals surface area contributed by atoms with Crippen LogP contribution in [0.2, 0.25) is 0 Å². The molecule has 0 saturated heterocycles. The molecular formula is C13H16N4OS. The van der Waals surface area contributed by atoms with Crippen LogP contribution in [0.4, 0.5) is 0 Å². The number of hydrogen-bond acceptors (Lipinski definition) is 4. The normalized spacial score (nSPS) is 22.8. The van der Waals surface area contributed by atoms with Crippen LogP contribution in [0.3, 0.4) is 0 Å². The SMILES string of the molecule is COC1CCC(n2c(-c3ccncc3)n[nH]c2=S)C1. The molecule has 2 heterocycles. The highest BCUT2D eigenvalue weighted by molar-refractivity contribution is 7.71. The first-order valence-electron chi connectivity index (χ1n) is 6.39. The van der Waals surface area contributed by atoms with E-state index in [4.69, 9.17) is 17.0 Å². The molecule has 0 spiro atoms. The molecule has 1 saturated carbocycles. The molecule has 5 nitrogen and oxygen atoms in total. The van der Waals surface area contributed by atoms with Crippen molar-refractivity contribution in [2.24, 2.45) is 0 Å². The minimum absolute atomic E-state index is 0.326. The van der Waals surface area contributed by atoms with Crippen LogP contribution in [-0.2, 0) is 4.74 Å². The Morgan fingerprint density at radius 2 is 2.16 bits per heavy atom. The van der Waals surface area contributed by atoms with Crippen molar-refractivity contribution in [3.05, 3.63) is 29.3 Å². The van der Waals surface area contributed by atoms with E-state index in [9.17, 15) is 0 Å². The highest BCUT2D eigenvalue weighted by Gasteiger charge is 2.28. The summed E-state index contributed by atoms with van der Waals surface area (Å²) in [6.07, 6.45) is 7.00. The molecule has 6 heteroatoms. The van der Waals surface area contributed by atoms with E-state index < -0.39 is 0 Å². The summed E-state index contributed by atoms with van der Waals surface area (Å²) in [5.74, 6) is 0.883. The van der Waals surface area contributed by atoms with Crippen LogP contribution in [0, 0.1) is 4.77 Å². The quantitative estimate of drug-likeness (QED) is 0.876. The summed E-state index contributed by atoms with van der Waals surface area (Å²) < 4.78 is 8.23. The lowest BCUT2D eigenvalue weighted by atomic mass is 10.2.